The normalized spacial score (nSPS) is 16.4. The maximum Gasteiger partial charge on any atom is 0.339 e. The first-order valence-electron chi connectivity index (χ1n) is 13.8. The summed E-state index contributed by atoms with van der Waals surface area (Å²) >= 11 is 0. The second-order valence-electron chi connectivity index (χ2n) is 10.5. The molecule has 3 N–H and O–H groups in total. The third-order valence-corrected chi connectivity index (χ3v) is 6.78. The van der Waals surface area contributed by atoms with Crippen LogP contribution in [0.2, 0.25) is 0 Å². The van der Waals surface area contributed by atoms with Gasteiger partial charge >= 0.3 is 6.03 Å². The van der Waals surface area contributed by atoms with Gasteiger partial charge in [-0.15, -0.1) is 0 Å². The number of ether oxygens (including phenoxy) is 1. The fraction of sp³-hybridized carbons (Fsp3) is 0.333. The number of halogens is 1. The number of benzene rings is 2. The Bertz CT molecular complexity index is 1510. The monoisotopic (exact) mass is 574 g/mol. The molecule has 220 valence electrons. The minimum Gasteiger partial charge on any atom is -0.486 e. The van der Waals surface area contributed by atoms with E-state index in [0.717, 1.165) is 11.1 Å². The molecule has 1 aliphatic rings. The molecule has 5 rings (SSSR count). The number of aromatic nitrogens is 3. The van der Waals surface area contributed by atoms with Crippen LogP contribution in [0.3, 0.4) is 0 Å². The van der Waals surface area contributed by atoms with Gasteiger partial charge in [0.1, 0.15) is 12.3 Å². The van der Waals surface area contributed by atoms with E-state index >= 15 is 4.39 Å². The van der Waals surface area contributed by atoms with Crippen molar-refractivity contribution in [2.75, 3.05) is 31.0 Å². The van der Waals surface area contributed by atoms with Gasteiger partial charge in [0, 0.05) is 36.5 Å². The van der Waals surface area contributed by atoms with Gasteiger partial charge < -0.3 is 24.8 Å². The molecule has 2 aromatic carbocycles. The molecule has 2 amide bonds. The van der Waals surface area contributed by atoms with Crippen LogP contribution in [0, 0.1) is 12.7 Å². The standard InChI is InChI=1S/C30H35FN8O3/c1-6-20-15-23(26(31)24(16-20)41-18(2)17-38(4)5)27(29-35-30(40)39(36-29)25-9-7-8-14-32-25)34-22-12-10-21(11-13-22)28-33-19(3)42-37-28/h7-16,18,27,29,34,36H,6,17H2,1-5H3,(H,35,40). The van der Waals surface area contributed by atoms with E-state index in [1.165, 1.54) is 5.01 Å². The summed E-state index contributed by atoms with van der Waals surface area (Å²) in [7, 11) is 3.88. The maximum absolute atomic E-state index is 16.3. The van der Waals surface area contributed by atoms with Gasteiger partial charge in [-0.2, -0.15) is 10.4 Å². The summed E-state index contributed by atoms with van der Waals surface area (Å²) in [6.45, 7) is 6.26. The van der Waals surface area contributed by atoms with Gasteiger partial charge in [-0.25, -0.2) is 19.2 Å². The van der Waals surface area contributed by atoms with E-state index < -0.39 is 24.1 Å². The molecule has 2 aromatic heterocycles. The maximum atomic E-state index is 16.3. The molecule has 12 heteroatoms. The minimum atomic E-state index is -0.737. The summed E-state index contributed by atoms with van der Waals surface area (Å²) in [4.78, 5) is 23.6. The van der Waals surface area contributed by atoms with Crippen molar-refractivity contribution in [3.63, 3.8) is 0 Å². The largest absolute Gasteiger partial charge is 0.486 e. The number of urea groups is 1. The number of likely N-dealkylation sites (N-methyl/N-ethyl adjacent to an activating group) is 1. The van der Waals surface area contributed by atoms with Crippen LogP contribution in [0.4, 0.5) is 20.7 Å². The fourth-order valence-electron chi connectivity index (χ4n) is 4.86. The van der Waals surface area contributed by atoms with Crippen molar-refractivity contribution in [3.05, 3.63) is 83.6 Å². The van der Waals surface area contributed by atoms with Crippen LogP contribution >= 0.6 is 0 Å². The van der Waals surface area contributed by atoms with Crippen LogP contribution in [0.25, 0.3) is 11.4 Å². The van der Waals surface area contributed by atoms with Crippen LogP contribution in [0.5, 0.6) is 5.75 Å². The summed E-state index contributed by atoms with van der Waals surface area (Å²) in [6.07, 6.45) is 1.30. The molecule has 1 aliphatic heterocycles. The van der Waals surface area contributed by atoms with Crippen molar-refractivity contribution in [3.8, 4) is 17.1 Å². The number of amides is 2. The second kappa shape index (κ2) is 12.5. The Balaban J connectivity index is 1.51. The van der Waals surface area contributed by atoms with E-state index in [0.29, 0.717) is 41.7 Å². The Morgan fingerprint density at radius 1 is 1.19 bits per heavy atom. The molecule has 3 heterocycles. The quantitative estimate of drug-likeness (QED) is 0.234. The first kappa shape index (κ1) is 29.0. The van der Waals surface area contributed by atoms with Crippen LogP contribution in [0.1, 0.15) is 36.9 Å². The zero-order chi connectivity index (χ0) is 29.8. The lowest BCUT2D eigenvalue weighted by atomic mass is 9.98. The fourth-order valence-corrected chi connectivity index (χ4v) is 4.86. The van der Waals surface area contributed by atoms with Gasteiger partial charge in [0.05, 0.1) is 6.04 Å². The summed E-state index contributed by atoms with van der Waals surface area (Å²) in [5.41, 5.74) is 5.88. The molecule has 11 nitrogen and oxygen atoms in total. The number of nitrogens with one attached hydrogen (secondary N) is 3. The average molecular weight is 575 g/mol. The summed E-state index contributed by atoms with van der Waals surface area (Å²) in [6, 6.07) is 15.1. The predicted octanol–water partition coefficient (Wildman–Crippen LogP) is 4.68. The lowest BCUT2D eigenvalue weighted by molar-refractivity contribution is 0.169. The molecule has 0 bridgehead atoms. The van der Waals surface area contributed by atoms with Crippen molar-refractivity contribution >= 4 is 17.5 Å². The van der Waals surface area contributed by atoms with Gasteiger partial charge in [-0.1, -0.05) is 24.2 Å². The average Bonchev–Trinajstić information content (AvgIpc) is 3.58. The Hall–Kier alpha value is -4.55. The van der Waals surface area contributed by atoms with E-state index in [4.69, 9.17) is 9.26 Å². The van der Waals surface area contributed by atoms with Gasteiger partial charge in [0.15, 0.2) is 17.4 Å². The number of hydrogen-bond donors (Lipinski definition) is 3. The van der Waals surface area contributed by atoms with Crippen molar-refractivity contribution in [2.24, 2.45) is 0 Å². The summed E-state index contributed by atoms with van der Waals surface area (Å²) in [5, 5.41) is 11.7. The Kier molecular flexibility index (Phi) is 8.64. The van der Waals surface area contributed by atoms with Crippen LogP contribution in [0.15, 0.2) is 65.3 Å². The molecule has 0 saturated carbocycles. The van der Waals surface area contributed by atoms with Crippen molar-refractivity contribution < 1.29 is 18.4 Å². The topological polar surface area (TPSA) is 121 Å². The van der Waals surface area contributed by atoms with Crippen molar-refractivity contribution in [1.29, 1.82) is 0 Å². The third kappa shape index (κ3) is 6.50. The molecular weight excluding hydrogens is 539 g/mol. The number of hydrazine groups is 1. The number of pyridine rings is 1. The smallest absolute Gasteiger partial charge is 0.339 e. The highest BCUT2D eigenvalue weighted by molar-refractivity contribution is 5.92. The van der Waals surface area contributed by atoms with Gasteiger partial charge in [0.2, 0.25) is 11.7 Å². The summed E-state index contributed by atoms with van der Waals surface area (Å²) in [5.74, 6) is 1.03. The second-order valence-corrected chi connectivity index (χ2v) is 10.5. The lowest BCUT2D eigenvalue weighted by Crippen LogP contribution is -2.44. The van der Waals surface area contributed by atoms with E-state index in [9.17, 15) is 4.79 Å². The van der Waals surface area contributed by atoms with E-state index in [1.54, 1.807) is 37.4 Å². The van der Waals surface area contributed by atoms with Gasteiger partial charge in [-0.05, 0) is 75.5 Å². The predicted molar refractivity (Wildman–Crippen MR) is 157 cm³/mol. The molecule has 3 unspecified atom stereocenters. The first-order valence-corrected chi connectivity index (χ1v) is 13.8. The molecule has 42 heavy (non-hydrogen) atoms. The zero-order valence-electron chi connectivity index (χ0n) is 24.3. The molecule has 0 spiro atoms. The highest BCUT2D eigenvalue weighted by atomic mass is 19.1. The first-order chi connectivity index (χ1) is 20.2. The van der Waals surface area contributed by atoms with E-state index in [-0.39, 0.29) is 11.9 Å². The minimum absolute atomic E-state index is 0.166. The van der Waals surface area contributed by atoms with Gasteiger partial charge in [-0.3, -0.25) is 0 Å². The number of rotatable bonds is 11. The molecule has 4 aromatic rings. The number of carbonyl (C=O) groups is 1. The number of hydrogen-bond acceptors (Lipinski definition) is 9. The zero-order valence-corrected chi connectivity index (χ0v) is 24.3. The van der Waals surface area contributed by atoms with Crippen molar-refractivity contribution in [1.82, 2.24) is 30.8 Å². The lowest BCUT2D eigenvalue weighted by Gasteiger charge is -2.28. The molecular formula is C30H35FN8O3. The van der Waals surface area contributed by atoms with Crippen LogP contribution in [-0.4, -0.2) is 59.0 Å². The number of anilines is 2. The Morgan fingerprint density at radius 2 is 1.98 bits per heavy atom. The Labute approximate surface area is 244 Å². The van der Waals surface area contributed by atoms with Crippen molar-refractivity contribution in [2.45, 2.75) is 45.5 Å². The Morgan fingerprint density at radius 3 is 2.62 bits per heavy atom. The molecule has 0 aliphatic carbocycles. The third-order valence-electron chi connectivity index (χ3n) is 6.78. The number of nitrogens with zero attached hydrogens (tertiary/aromatic N) is 5. The molecule has 3 atom stereocenters. The SMILES string of the molecule is CCc1cc(OC(C)CN(C)C)c(F)c(C(Nc2ccc(-c3noc(C)n3)cc2)C2NC(=O)N(c3ccccn3)N2)c1. The molecule has 1 saturated heterocycles. The number of aryl methyl sites for hydroxylation is 2. The highest BCUT2D eigenvalue weighted by Gasteiger charge is 2.38. The van der Waals surface area contributed by atoms with E-state index in [1.807, 2.05) is 63.2 Å². The molecule has 0 radical (unpaired) electrons. The van der Waals surface area contributed by atoms with E-state index in [2.05, 4.69) is 31.2 Å². The van der Waals surface area contributed by atoms with Crippen LogP contribution in [-0.2, 0) is 6.42 Å². The molecule has 1 fully saturated rings. The highest BCUT2D eigenvalue weighted by Crippen LogP contribution is 2.34. The van der Waals surface area contributed by atoms with Gasteiger partial charge in [0.25, 0.3) is 0 Å². The summed E-state index contributed by atoms with van der Waals surface area (Å²) < 4.78 is 27.5. The van der Waals surface area contributed by atoms with Crippen LogP contribution < -0.4 is 25.8 Å². The number of carbonyl (C=O) groups excluding carboxylic acids is 1.